The highest BCUT2D eigenvalue weighted by molar-refractivity contribution is 6.14. The van der Waals surface area contributed by atoms with Gasteiger partial charge in [0.25, 0.3) is 5.91 Å². The van der Waals surface area contributed by atoms with Gasteiger partial charge in [-0.1, -0.05) is 54.1 Å². The lowest BCUT2D eigenvalue weighted by atomic mass is 9.98. The van der Waals surface area contributed by atoms with Crippen LogP contribution in [0.25, 0.3) is 0 Å². The summed E-state index contributed by atoms with van der Waals surface area (Å²) in [6.45, 7) is 6.08. The Morgan fingerprint density at radius 2 is 1.41 bits per heavy atom. The molecule has 0 spiro atoms. The molecule has 1 saturated heterocycles. The Kier molecular flexibility index (Phi) is 4.93. The van der Waals surface area contributed by atoms with Crippen molar-refractivity contribution < 1.29 is 9.59 Å². The number of amides is 2. The first-order valence-corrected chi connectivity index (χ1v) is 9.78. The van der Waals surface area contributed by atoms with E-state index in [4.69, 9.17) is 0 Å². The van der Waals surface area contributed by atoms with E-state index >= 15 is 0 Å². The molecule has 146 valence electrons. The van der Waals surface area contributed by atoms with Gasteiger partial charge in [-0.3, -0.25) is 14.5 Å². The molecule has 0 unspecified atom stereocenters. The summed E-state index contributed by atoms with van der Waals surface area (Å²) in [7, 11) is 0. The Hall–Kier alpha value is -3.40. The fourth-order valence-corrected chi connectivity index (χ4v) is 3.73. The fraction of sp³-hybridized carbons (Fsp3) is 0.200. The standard InChI is InChI=1S/C25H24N2O2/c1-17-9-12-21(13-10-17)26-16-23(28)27(22-14-11-18(2)19(3)15-22)24(25(26)29)20-7-5-4-6-8-20/h4-15,24H,16H2,1-3H3/t24-/m1/s1. The van der Waals surface area contributed by atoms with Crippen molar-refractivity contribution in [3.8, 4) is 0 Å². The molecule has 29 heavy (non-hydrogen) atoms. The lowest BCUT2D eigenvalue weighted by Gasteiger charge is -2.40. The molecule has 3 aromatic carbocycles. The Balaban J connectivity index is 1.81. The third-order valence-corrected chi connectivity index (χ3v) is 5.55. The van der Waals surface area contributed by atoms with E-state index in [0.717, 1.165) is 33.6 Å². The molecule has 4 rings (SSSR count). The van der Waals surface area contributed by atoms with Gasteiger partial charge < -0.3 is 4.90 Å². The number of aryl methyl sites for hydroxylation is 3. The molecule has 1 heterocycles. The Labute approximate surface area is 171 Å². The van der Waals surface area contributed by atoms with E-state index in [9.17, 15) is 9.59 Å². The molecule has 4 nitrogen and oxygen atoms in total. The van der Waals surface area contributed by atoms with Gasteiger partial charge >= 0.3 is 0 Å². The summed E-state index contributed by atoms with van der Waals surface area (Å²) in [6, 6.07) is 22.4. The summed E-state index contributed by atoms with van der Waals surface area (Å²) in [5.74, 6) is -0.194. The number of anilines is 2. The largest absolute Gasteiger partial charge is 0.301 e. The zero-order valence-corrected chi connectivity index (χ0v) is 16.9. The lowest BCUT2D eigenvalue weighted by Crippen LogP contribution is -2.56. The summed E-state index contributed by atoms with van der Waals surface area (Å²) in [4.78, 5) is 30.2. The second-order valence-electron chi connectivity index (χ2n) is 7.61. The molecule has 1 aliphatic heterocycles. The van der Waals surface area contributed by atoms with Crippen LogP contribution in [-0.4, -0.2) is 18.4 Å². The van der Waals surface area contributed by atoms with E-state index < -0.39 is 6.04 Å². The van der Waals surface area contributed by atoms with Gasteiger partial charge in [0.1, 0.15) is 12.6 Å². The van der Waals surface area contributed by atoms with Crippen LogP contribution in [0.1, 0.15) is 28.3 Å². The molecule has 0 radical (unpaired) electrons. The van der Waals surface area contributed by atoms with Crippen LogP contribution in [0.15, 0.2) is 72.8 Å². The summed E-state index contributed by atoms with van der Waals surface area (Å²) in [5, 5.41) is 0. The summed E-state index contributed by atoms with van der Waals surface area (Å²) in [5.41, 5.74) is 5.66. The van der Waals surface area contributed by atoms with Crippen molar-refractivity contribution in [3.63, 3.8) is 0 Å². The van der Waals surface area contributed by atoms with Crippen LogP contribution >= 0.6 is 0 Å². The molecule has 0 aromatic heterocycles. The van der Waals surface area contributed by atoms with Gasteiger partial charge in [-0.15, -0.1) is 0 Å². The highest BCUT2D eigenvalue weighted by atomic mass is 16.2. The zero-order chi connectivity index (χ0) is 20.5. The number of nitrogens with zero attached hydrogens (tertiary/aromatic N) is 2. The van der Waals surface area contributed by atoms with Gasteiger partial charge in [0.05, 0.1) is 0 Å². The molecule has 0 N–H and O–H groups in total. The molecule has 4 heteroatoms. The molecular weight excluding hydrogens is 360 g/mol. The first-order valence-electron chi connectivity index (χ1n) is 9.78. The van der Waals surface area contributed by atoms with E-state index in [2.05, 4.69) is 0 Å². The maximum Gasteiger partial charge on any atom is 0.255 e. The first-order chi connectivity index (χ1) is 14.0. The number of benzene rings is 3. The Bertz CT molecular complexity index is 1060. The van der Waals surface area contributed by atoms with Crippen molar-refractivity contribution in [2.24, 2.45) is 0 Å². The number of piperazine rings is 1. The van der Waals surface area contributed by atoms with Crippen molar-refractivity contribution in [1.29, 1.82) is 0 Å². The van der Waals surface area contributed by atoms with Crippen LogP contribution in [0.2, 0.25) is 0 Å². The van der Waals surface area contributed by atoms with Gasteiger partial charge in [-0.2, -0.15) is 0 Å². The maximum atomic E-state index is 13.6. The Morgan fingerprint density at radius 1 is 0.759 bits per heavy atom. The summed E-state index contributed by atoms with van der Waals surface area (Å²) in [6.07, 6.45) is 0. The number of carbonyl (C=O) groups is 2. The van der Waals surface area contributed by atoms with Crippen LogP contribution < -0.4 is 9.80 Å². The van der Waals surface area contributed by atoms with Crippen molar-refractivity contribution in [2.75, 3.05) is 16.3 Å². The smallest absolute Gasteiger partial charge is 0.255 e. The van der Waals surface area contributed by atoms with Gasteiger partial charge in [-0.25, -0.2) is 0 Å². The van der Waals surface area contributed by atoms with Gasteiger partial charge in [-0.05, 0) is 61.7 Å². The average Bonchev–Trinajstić information content (AvgIpc) is 2.72. The molecule has 3 aromatic rings. The first kappa shape index (κ1) is 18.9. The predicted molar refractivity (Wildman–Crippen MR) is 116 cm³/mol. The van der Waals surface area contributed by atoms with Crippen molar-refractivity contribution in [2.45, 2.75) is 26.8 Å². The number of carbonyl (C=O) groups excluding carboxylic acids is 2. The average molecular weight is 384 g/mol. The third kappa shape index (κ3) is 3.54. The molecule has 1 atom stereocenters. The van der Waals surface area contributed by atoms with E-state index in [1.54, 1.807) is 9.80 Å². The van der Waals surface area contributed by atoms with E-state index in [1.807, 2.05) is 93.6 Å². The molecule has 1 aliphatic rings. The normalized spacial score (nSPS) is 17.0. The number of hydrogen-bond acceptors (Lipinski definition) is 2. The quantitative estimate of drug-likeness (QED) is 0.655. The molecule has 0 aliphatic carbocycles. The lowest BCUT2D eigenvalue weighted by molar-refractivity contribution is -0.128. The Morgan fingerprint density at radius 3 is 2.07 bits per heavy atom. The van der Waals surface area contributed by atoms with Crippen molar-refractivity contribution >= 4 is 23.2 Å². The predicted octanol–water partition coefficient (Wildman–Crippen LogP) is 4.73. The van der Waals surface area contributed by atoms with Gasteiger partial charge in [0.2, 0.25) is 5.91 Å². The molecule has 0 bridgehead atoms. The minimum Gasteiger partial charge on any atom is -0.301 e. The fourth-order valence-electron chi connectivity index (χ4n) is 3.73. The topological polar surface area (TPSA) is 40.6 Å². The highest BCUT2D eigenvalue weighted by Crippen LogP contribution is 2.35. The third-order valence-electron chi connectivity index (χ3n) is 5.55. The van der Waals surface area contributed by atoms with E-state index in [-0.39, 0.29) is 18.4 Å². The second-order valence-corrected chi connectivity index (χ2v) is 7.61. The van der Waals surface area contributed by atoms with Gasteiger partial charge in [0.15, 0.2) is 0 Å². The SMILES string of the molecule is Cc1ccc(N2CC(=O)N(c3ccc(C)c(C)c3)[C@H](c3ccccc3)C2=O)cc1. The monoisotopic (exact) mass is 384 g/mol. The van der Waals surface area contributed by atoms with Crippen molar-refractivity contribution in [3.05, 3.63) is 95.1 Å². The zero-order valence-electron chi connectivity index (χ0n) is 16.9. The van der Waals surface area contributed by atoms with Crippen LogP contribution in [0.3, 0.4) is 0 Å². The second kappa shape index (κ2) is 7.55. The van der Waals surface area contributed by atoms with Crippen LogP contribution in [0.4, 0.5) is 11.4 Å². The van der Waals surface area contributed by atoms with E-state index in [0.29, 0.717) is 0 Å². The van der Waals surface area contributed by atoms with Crippen LogP contribution in [0, 0.1) is 20.8 Å². The highest BCUT2D eigenvalue weighted by Gasteiger charge is 2.41. The minimum atomic E-state index is -0.694. The minimum absolute atomic E-state index is 0.0259. The van der Waals surface area contributed by atoms with Gasteiger partial charge in [0, 0.05) is 11.4 Å². The molecule has 2 amide bonds. The maximum absolute atomic E-state index is 13.6. The van der Waals surface area contributed by atoms with Crippen LogP contribution in [0.5, 0.6) is 0 Å². The molecule has 1 fully saturated rings. The van der Waals surface area contributed by atoms with E-state index in [1.165, 1.54) is 0 Å². The molecular formula is C25H24N2O2. The number of hydrogen-bond donors (Lipinski definition) is 0. The summed E-state index contributed by atoms with van der Waals surface area (Å²) >= 11 is 0. The summed E-state index contributed by atoms with van der Waals surface area (Å²) < 4.78 is 0. The van der Waals surface area contributed by atoms with Crippen molar-refractivity contribution in [1.82, 2.24) is 0 Å². The van der Waals surface area contributed by atoms with Crippen LogP contribution in [-0.2, 0) is 9.59 Å². The molecule has 0 saturated carbocycles. The number of rotatable bonds is 3.